The number of aliphatic hydroxyl groups is 1. The quantitative estimate of drug-likeness (QED) is 0.152. The molecule has 0 aliphatic heterocycles. The summed E-state index contributed by atoms with van der Waals surface area (Å²) in [6.07, 6.45) is 8.37. The van der Waals surface area contributed by atoms with E-state index in [4.69, 9.17) is 24.0 Å². The van der Waals surface area contributed by atoms with Crippen molar-refractivity contribution in [3.63, 3.8) is 0 Å². The molecule has 10 heteroatoms. The zero-order valence-electron chi connectivity index (χ0n) is 26.2. The lowest BCUT2D eigenvalue weighted by Gasteiger charge is -2.64. The Morgan fingerprint density at radius 2 is 1.63 bits per heavy atom. The Labute approximate surface area is 246 Å². The van der Waals surface area contributed by atoms with Crippen LogP contribution < -0.4 is 0 Å². The van der Waals surface area contributed by atoms with Crippen molar-refractivity contribution in [3.05, 3.63) is 0 Å². The van der Waals surface area contributed by atoms with Gasteiger partial charge in [0.2, 0.25) is 6.79 Å². The summed E-state index contributed by atoms with van der Waals surface area (Å²) in [6.45, 7) is 14.7. The number of hydrogen-bond donors (Lipinski definition) is 3. The molecule has 0 heterocycles. The van der Waals surface area contributed by atoms with Gasteiger partial charge >= 0.3 is 13.8 Å². The summed E-state index contributed by atoms with van der Waals surface area (Å²) in [6, 6.07) is 0. The highest BCUT2D eigenvalue weighted by Gasteiger charge is 2.66. The molecule has 11 atom stereocenters. The Morgan fingerprint density at radius 3 is 2.27 bits per heavy atom. The van der Waals surface area contributed by atoms with E-state index >= 15 is 0 Å². The van der Waals surface area contributed by atoms with Gasteiger partial charge in [-0.3, -0.25) is 4.79 Å². The van der Waals surface area contributed by atoms with Gasteiger partial charge in [0.15, 0.2) is 0 Å². The van der Waals surface area contributed by atoms with E-state index in [1.807, 2.05) is 0 Å². The lowest BCUT2D eigenvalue weighted by Crippen LogP contribution is -2.63. The van der Waals surface area contributed by atoms with Gasteiger partial charge in [0.1, 0.15) is 0 Å². The molecule has 0 aromatic carbocycles. The van der Waals surface area contributed by atoms with Gasteiger partial charge in [-0.15, -0.1) is 0 Å². The van der Waals surface area contributed by atoms with E-state index in [0.29, 0.717) is 36.2 Å². The second-order valence-corrected chi connectivity index (χ2v) is 15.8. The Hall–Kier alpha value is -0.540. The first kappa shape index (κ1) is 33.4. The molecule has 4 fully saturated rings. The van der Waals surface area contributed by atoms with E-state index in [-0.39, 0.29) is 47.4 Å². The molecule has 4 rings (SSSR count). The molecule has 4 aliphatic rings. The summed E-state index contributed by atoms with van der Waals surface area (Å²) < 4.78 is 33.0. The fraction of sp³-hybridized carbons (Fsp3) is 0.968. The van der Waals surface area contributed by atoms with Gasteiger partial charge in [0.05, 0.1) is 30.5 Å². The van der Waals surface area contributed by atoms with Crippen molar-refractivity contribution in [2.24, 2.45) is 46.3 Å². The van der Waals surface area contributed by atoms with Crippen LogP contribution in [0.5, 0.6) is 0 Å². The molecule has 238 valence electrons. The van der Waals surface area contributed by atoms with E-state index in [9.17, 15) is 14.5 Å². The number of ether oxygens (including phenoxy) is 3. The number of carbonyl (C=O) groups excluding carboxylic acids is 1. The summed E-state index contributed by atoms with van der Waals surface area (Å²) in [5.41, 5.74) is -0.0863. The lowest BCUT2D eigenvalue weighted by atomic mass is 9.43. The number of rotatable bonds is 11. The lowest BCUT2D eigenvalue weighted by molar-refractivity contribution is -0.225. The summed E-state index contributed by atoms with van der Waals surface area (Å²) in [5, 5.41) is 12.0. The third-order valence-electron chi connectivity index (χ3n) is 11.6. The largest absolute Gasteiger partial charge is 0.472 e. The minimum absolute atomic E-state index is 0.142. The Morgan fingerprint density at radius 1 is 0.951 bits per heavy atom. The molecule has 9 nitrogen and oxygen atoms in total. The monoisotopic (exact) mass is 602 g/mol. The van der Waals surface area contributed by atoms with Crippen molar-refractivity contribution in [1.29, 1.82) is 0 Å². The molecule has 11 unspecified atom stereocenters. The molecule has 4 aliphatic carbocycles. The van der Waals surface area contributed by atoms with Crippen LogP contribution in [0.4, 0.5) is 0 Å². The minimum atomic E-state index is -4.68. The summed E-state index contributed by atoms with van der Waals surface area (Å²) in [4.78, 5) is 29.8. The maximum Gasteiger partial charge on any atom is 0.472 e. The first-order chi connectivity index (χ1) is 19.1. The number of fused-ring (bicyclic) bond motifs is 5. The van der Waals surface area contributed by atoms with Crippen molar-refractivity contribution in [1.82, 2.24) is 0 Å². The predicted molar refractivity (Wildman–Crippen MR) is 154 cm³/mol. The smallest absolute Gasteiger partial charge is 0.438 e. The van der Waals surface area contributed by atoms with E-state index < -0.39 is 26.7 Å². The molecule has 0 spiro atoms. The van der Waals surface area contributed by atoms with Crippen molar-refractivity contribution >= 4 is 13.8 Å². The number of phosphoric acid groups is 1. The number of phosphoric ester groups is 1. The van der Waals surface area contributed by atoms with Crippen molar-refractivity contribution < 1.29 is 43.0 Å². The molecular formula is C31H55O9P. The highest BCUT2D eigenvalue weighted by atomic mass is 31.2. The second-order valence-electron chi connectivity index (χ2n) is 14.6. The van der Waals surface area contributed by atoms with E-state index in [0.717, 1.165) is 44.9 Å². The number of aliphatic hydroxyl groups excluding tert-OH is 1. The molecule has 0 aromatic heterocycles. The van der Waals surface area contributed by atoms with Gasteiger partial charge in [-0.05, 0) is 125 Å². The third-order valence-corrected chi connectivity index (χ3v) is 12.1. The van der Waals surface area contributed by atoms with Crippen molar-refractivity contribution in [2.75, 3.05) is 6.79 Å². The Bertz CT molecular complexity index is 952. The highest BCUT2D eigenvalue weighted by molar-refractivity contribution is 7.46. The summed E-state index contributed by atoms with van der Waals surface area (Å²) >= 11 is 0. The average Bonchev–Trinajstić information content (AvgIpc) is 3.21. The maximum atomic E-state index is 12.2. The molecule has 41 heavy (non-hydrogen) atoms. The zero-order valence-corrected chi connectivity index (χ0v) is 27.1. The molecule has 0 aromatic rings. The molecule has 3 N–H and O–H groups in total. The van der Waals surface area contributed by atoms with Crippen molar-refractivity contribution in [2.45, 2.75) is 137 Å². The molecule has 0 bridgehead atoms. The second kappa shape index (κ2) is 12.8. The SMILES string of the molecule is CC(C)OC1CCC2(C)C(C1)CC(OC(C)C)C1C2CC(O)C2(C)C(C(C)CCC(=O)OCOP(=O)(O)O)CCC12. The van der Waals surface area contributed by atoms with Gasteiger partial charge in [-0.25, -0.2) is 9.09 Å². The van der Waals surface area contributed by atoms with E-state index in [2.05, 4.69) is 53.0 Å². The molecule has 0 saturated heterocycles. The average molecular weight is 603 g/mol. The third kappa shape index (κ3) is 7.08. The fourth-order valence-corrected chi connectivity index (χ4v) is 10.1. The number of hydrogen-bond acceptors (Lipinski definition) is 7. The zero-order chi connectivity index (χ0) is 30.3. The minimum Gasteiger partial charge on any atom is -0.438 e. The Kier molecular flexibility index (Phi) is 10.4. The molecular weight excluding hydrogens is 547 g/mol. The predicted octanol–water partition coefficient (Wildman–Crippen LogP) is 5.84. The van der Waals surface area contributed by atoms with Crippen LogP contribution in [0.2, 0.25) is 0 Å². The van der Waals surface area contributed by atoms with Gasteiger partial charge in [-0.1, -0.05) is 20.8 Å². The van der Waals surface area contributed by atoms with Crippen LogP contribution in [0, 0.1) is 46.3 Å². The first-order valence-electron chi connectivity index (χ1n) is 15.9. The van der Waals surface area contributed by atoms with Crippen LogP contribution in [0.25, 0.3) is 0 Å². The topological polar surface area (TPSA) is 132 Å². The Balaban J connectivity index is 1.49. The van der Waals surface area contributed by atoms with Crippen LogP contribution in [0.15, 0.2) is 0 Å². The molecule has 0 amide bonds. The van der Waals surface area contributed by atoms with E-state index in [1.165, 1.54) is 0 Å². The van der Waals surface area contributed by atoms with Crippen LogP contribution in [0.3, 0.4) is 0 Å². The number of esters is 1. The van der Waals surface area contributed by atoms with Crippen molar-refractivity contribution in [3.8, 4) is 0 Å². The molecule has 0 radical (unpaired) electrons. The fourth-order valence-electron chi connectivity index (χ4n) is 9.87. The molecule has 4 saturated carbocycles. The van der Waals surface area contributed by atoms with Gasteiger partial charge in [-0.2, -0.15) is 0 Å². The van der Waals surface area contributed by atoms with E-state index in [1.54, 1.807) is 0 Å². The maximum absolute atomic E-state index is 12.2. The van der Waals surface area contributed by atoms with Crippen LogP contribution in [0.1, 0.15) is 106 Å². The number of carbonyl (C=O) groups is 1. The first-order valence-corrected chi connectivity index (χ1v) is 17.4. The highest BCUT2D eigenvalue weighted by Crippen LogP contribution is 2.69. The standard InChI is InChI=1S/C31H55O9P/c1-18(2)39-22-12-13-30(6)21(14-22)15-26(40-19(3)4)29-24-10-9-23(31(24,7)27(32)16-25(29)30)20(5)8-11-28(33)37-17-38-41(34,35)36/h18-27,29,32H,8-17H2,1-7H3,(H2,34,35,36). The van der Waals surface area contributed by atoms with Crippen LogP contribution >= 0.6 is 7.82 Å². The summed E-state index contributed by atoms with van der Waals surface area (Å²) in [7, 11) is -4.68. The normalized spacial score (nSPS) is 41.6. The van der Waals surface area contributed by atoms with Gasteiger partial charge in [0.25, 0.3) is 0 Å². The van der Waals surface area contributed by atoms with Gasteiger partial charge in [0, 0.05) is 6.42 Å². The van der Waals surface area contributed by atoms with Crippen LogP contribution in [-0.4, -0.2) is 58.2 Å². The van der Waals surface area contributed by atoms with Crippen LogP contribution in [-0.2, 0) is 28.1 Å². The van der Waals surface area contributed by atoms with Gasteiger partial charge < -0.3 is 29.1 Å². The summed E-state index contributed by atoms with van der Waals surface area (Å²) in [5.74, 6) is 1.62.